The first-order chi connectivity index (χ1) is 17.9. The van der Waals surface area contributed by atoms with Gasteiger partial charge in [0.1, 0.15) is 6.04 Å². The minimum absolute atomic E-state index is 0.0334. The molecule has 1 saturated heterocycles. The molecule has 3 aromatic rings. The van der Waals surface area contributed by atoms with Crippen molar-refractivity contribution in [1.29, 1.82) is 0 Å². The van der Waals surface area contributed by atoms with E-state index in [-0.39, 0.29) is 24.4 Å². The second kappa shape index (κ2) is 9.18. The van der Waals surface area contributed by atoms with Gasteiger partial charge in [0.2, 0.25) is 5.91 Å². The van der Waals surface area contributed by atoms with E-state index >= 15 is 0 Å². The van der Waals surface area contributed by atoms with Gasteiger partial charge in [0.25, 0.3) is 5.91 Å². The number of benzene rings is 2. The van der Waals surface area contributed by atoms with Crippen LogP contribution in [0.25, 0.3) is 10.9 Å². The molecule has 200 valence electrons. The molecule has 5 rings (SSSR count). The number of H-pyrrole nitrogens is 1. The highest BCUT2D eigenvalue weighted by Gasteiger charge is 2.60. The van der Waals surface area contributed by atoms with Gasteiger partial charge in [-0.3, -0.25) is 9.59 Å². The van der Waals surface area contributed by atoms with Crippen LogP contribution in [0.15, 0.2) is 48.5 Å². The number of urea groups is 1. The van der Waals surface area contributed by atoms with Crippen molar-refractivity contribution in [1.82, 2.24) is 20.1 Å². The van der Waals surface area contributed by atoms with Crippen LogP contribution in [0.3, 0.4) is 0 Å². The van der Waals surface area contributed by atoms with E-state index in [1.165, 1.54) is 17.0 Å². The Morgan fingerprint density at radius 1 is 1.13 bits per heavy atom. The van der Waals surface area contributed by atoms with E-state index < -0.39 is 41.2 Å². The van der Waals surface area contributed by atoms with Crippen molar-refractivity contribution in [3.63, 3.8) is 0 Å². The third kappa shape index (κ3) is 4.12. The zero-order chi connectivity index (χ0) is 27.4. The summed E-state index contributed by atoms with van der Waals surface area (Å²) in [5.74, 6) is -1.11. The molecule has 4 amide bonds. The molecule has 2 atom stereocenters. The third-order valence-electron chi connectivity index (χ3n) is 7.53. The van der Waals surface area contributed by atoms with Gasteiger partial charge in [0, 0.05) is 24.0 Å². The Bertz CT molecular complexity index is 1430. The Hall–Kier alpha value is -3.82. The summed E-state index contributed by atoms with van der Waals surface area (Å²) in [5.41, 5.74) is 0.668. The highest BCUT2D eigenvalue weighted by atomic mass is 19.4. The van der Waals surface area contributed by atoms with E-state index in [2.05, 4.69) is 10.3 Å². The lowest BCUT2D eigenvalue weighted by Crippen LogP contribution is -2.51. The Balaban J connectivity index is 1.44. The minimum Gasteiger partial charge on any atom is -0.356 e. The monoisotopic (exact) mass is 526 g/mol. The number of nitrogens with one attached hydrogen (secondary N) is 2. The van der Waals surface area contributed by atoms with Crippen LogP contribution < -0.4 is 5.32 Å². The molecule has 2 aliphatic rings. The van der Waals surface area contributed by atoms with Gasteiger partial charge < -0.3 is 15.2 Å². The largest absolute Gasteiger partial charge is 0.416 e. The average molecular weight is 527 g/mol. The lowest BCUT2D eigenvalue weighted by molar-refractivity contribution is -0.140. The van der Waals surface area contributed by atoms with Crippen LogP contribution in [-0.4, -0.2) is 45.2 Å². The second-order valence-corrected chi connectivity index (χ2v) is 10.5. The van der Waals surface area contributed by atoms with Crippen LogP contribution in [0.4, 0.5) is 18.0 Å². The smallest absolute Gasteiger partial charge is 0.356 e. The number of hydrogen-bond donors (Lipinski definition) is 2. The van der Waals surface area contributed by atoms with Gasteiger partial charge in [-0.05, 0) is 55.0 Å². The fourth-order valence-corrected chi connectivity index (χ4v) is 5.63. The molecule has 1 aromatic heterocycles. The van der Waals surface area contributed by atoms with Gasteiger partial charge in [0.05, 0.1) is 11.3 Å². The van der Waals surface area contributed by atoms with E-state index in [4.69, 9.17) is 0 Å². The molecule has 7 nitrogen and oxygen atoms in total. The summed E-state index contributed by atoms with van der Waals surface area (Å²) in [6.45, 7) is 5.62. The summed E-state index contributed by atoms with van der Waals surface area (Å²) in [5, 5.41) is 3.66. The number of carbonyl (C=O) groups excluding carboxylic acids is 3. The van der Waals surface area contributed by atoms with Crippen LogP contribution in [0, 0.1) is 5.92 Å². The molecule has 0 saturated carbocycles. The maximum atomic E-state index is 14.0. The van der Waals surface area contributed by atoms with Crippen LogP contribution in [0.2, 0.25) is 0 Å². The molecule has 2 aliphatic heterocycles. The molecule has 0 unspecified atom stereocenters. The molecule has 3 heterocycles. The molecule has 38 heavy (non-hydrogen) atoms. The first kappa shape index (κ1) is 25.8. The summed E-state index contributed by atoms with van der Waals surface area (Å²) >= 11 is 0. The molecule has 2 N–H and O–H groups in total. The van der Waals surface area contributed by atoms with Gasteiger partial charge in [-0.1, -0.05) is 44.2 Å². The normalized spacial score (nSPS) is 20.2. The van der Waals surface area contributed by atoms with Crippen LogP contribution in [0.5, 0.6) is 0 Å². The predicted octanol–water partition coefficient (Wildman–Crippen LogP) is 4.95. The van der Waals surface area contributed by atoms with Crippen LogP contribution in [0.1, 0.15) is 49.6 Å². The number of rotatable bonds is 6. The maximum absolute atomic E-state index is 14.0. The number of imide groups is 1. The standard InChI is InChI=1S/C28H29F3N4O3/c1-16(2)13-22(24(36)32-15-17-7-6-8-18(14-17)28(29,30)31)35-25(37)27(3)23-20(11-12-34(27)26(35)38)19-9-4-5-10-21(19)33-23/h4-10,14,16,22,33H,11-13,15H2,1-3H3,(H,32,36)/t22-,27-/m0/s1. The summed E-state index contributed by atoms with van der Waals surface area (Å²) in [6, 6.07) is 10.8. The molecule has 2 aromatic carbocycles. The molecular weight excluding hydrogens is 497 g/mol. The van der Waals surface area contributed by atoms with E-state index in [9.17, 15) is 27.6 Å². The fourth-order valence-electron chi connectivity index (χ4n) is 5.63. The van der Waals surface area contributed by atoms with E-state index in [0.29, 0.717) is 18.7 Å². The summed E-state index contributed by atoms with van der Waals surface area (Å²) in [7, 11) is 0. The van der Waals surface area contributed by atoms with E-state index in [1.807, 2.05) is 38.1 Å². The number of fused-ring (bicyclic) bond motifs is 5. The van der Waals surface area contributed by atoms with Gasteiger partial charge >= 0.3 is 12.2 Å². The van der Waals surface area contributed by atoms with Gasteiger partial charge in [0.15, 0.2) is 5.54 Å². The van der Waals surface area contributed by atoms with Crippen LogP contribution >= 0.6 is 0 Å². The molecule has 0 aliphatic carbocycles. The molecule has 0 radical (unpaired) electrons. The molecular formula is C28H29F3N4O3. The minimum atomic E-state index is -4.50. The number of aromatic nitrogens is 1. The maximum Gasteiger partial charge on any atom is 0.416 e. The Morgan fingerprint density at radius 3 is 2.58 bits per heavy atom. The number of para-hydroxylation sites is 1. The number of amides is 4. The third-order valence-corrected chi connectivity index (χ3v) is 7.53. The second-order valence-electron chi connectivity index (χ2n) is 10.5. The highest BCUT2D eigenvalue weighted by Crippen LogP contribution is 2.45. The van der Waals surface area contributed by atoms with Crippen LogP contribution in [-0.2, 0) is 34.3 Å². The van der Waals surface area contributed by atoms with Crippen molar-refractivity contribution in [3.05, 3.63) is 70.9 Å². The summed E-state index contributed by atoms with van der Waals surface area (Å²) in [4.78, 5) is 47.0. The fraction of sp³-hybridized carbons (Fsp3) is 0.393. The Morgan fingerprint density at radius 2 is 1.87 bits per heavy atom. The Labute approximate surface area is 218 Å². The zero-order valence-electron chi connectivity index (χ0n) is 21.4. The van der Waals surface area contributed by atoms with Gasteiger partial charge in [-0.2, -0.15) is 13.2 Å². The number of hydrogen-bond acceptors (Lipinski definition) is 3. The number of aromatic amines is 1. The highest BCUT2D eigenvalue weighted by molar-refractivity contribution is 6.11. The topological polar surface area (TPSA) is 85.5 Å². The summed E-state index contributed by atoms with van der Waals surface area (Å²) in [6.07, 6.45) is -3.72. The molecule has 10 heteroatoms. The van der Waals surface area contributed by atoms with Crippen molar-refractivity contribution in [2.24, 2.45) is 5.92 Å². The van der Waals surface area contributed by atoms with E-state index in [0.717, 1.165) is 33.5 Å². The SMILES string of the molecule is CC(C)C[C@@H](C(=O)NCc1cccc(C(F)(F)F)c1)N1C(=O)N2CCc3c([nH]c4ccccc34)[C@@]2(C)C1=O. The lowest BCUT2D eigenvalue weighted by Gasteiger charge is -2.36. The molecule has 0 bridgehead atoms. The van der Waals surface area contributed by atoms with Crippen molar-refractivity contribution in [2.75, 3.05) is 6.54 Å². The first-order valence-corrected chi connectivity index (χ1v) is 12.6. The lowest BCUT2D eigenvalue weighted by atomic mass is 9.87. The van der Waals surface area contributed by atoms with Crippen molar-refractivity contribution < 1.29 is 27.6 Å². The first-order valence-electron chi connectivity index (χ1n) is 12.6. The average Bonchev–Trinajstić information content (AvgIpc) is 3.34. The molecule has 1 fully saturated rings. The van der Waals surface area contributed by atoms with E-state index in [1.54, 1.807) is 6.92 Å². The van der Waals surface area contributed by atoms with Gasteiger partial charge in [-0.15, -0.1) is 0 Å². The number of nitrogens with zero attached hydrogens (tertiary/aromatic N) is 2. The molecule has 0 spiro atoms. The van der Waals surface area contributed by atoms with Gasteiger partial charge in [-0.25, -0.2) is 9.69 Å². The van der Waals surface area contributed by atoms with Crippen molar-refractivity contribution >= 4 is 28.7 Å². The quantitative estimate of drug-likeness (QED) is 0.446. The van der Waals surface area contributed by atoms with Crippen molar-refractivity contribution in [3.8, 4) is 0 Å². The predicted molar refractivity (Wildman–Crippen MR) is 135 cm³/mol. The number of alkyl halides is 3. The summed E-state index contributed by atoms with van der Waals surface area (Å²) < 4.78 is 39.3. The van der Waals surface area contributed by atoms with Crippen molar-refractivity contribution in [2.45, 2.75) is 57.9 Å². The zero-order valence-corrected chi connectivity index (χ0v) is 21.4. The number of carbonyl (C=O) groups is 3. The number of halogens is 3. The Kier molecular flexibility index (Phi) is 6.24.